The van der Waals surface area contributed by atoms with Crippen molar-refractivity contribution in [1.29, 1.82) is 0 Å². The Bertz CT molecular complexity index is 429. The molecular formula is C17H31N3O4. The van der Waals surface area contributed by atoms with E-state index in [2.05, 4.69) is 5.32 Å². The van der Waals surface area contributed by atoms with Crippen LogP contribution in [0.5, 0.6) is 0 Å². The molecule has 0 unspecified atom stereocenters. The highest BCUT2D eigenvalue weighted by atomic mass is 16.5. The number of amides is 3. The number of nitrogens with two attached hydrogens (primary N) is 1. The van der Waals surface area contributed by atoms with Crippen LogP contribution in [0.4, 0.5) is 0 Å². The van der Waals surface area contributed by atoms with Gasteiger partial charge in [0.1, 0.15) is 0 Å². The molecule has 0 aliphatic carbocycles. The van der Waals surface area contributed by atoms with Gasteiger partial charge in [-0.05, 0) is 26.7 Å². The highest BCUT2D eigenvalue weighted by Gasteiger charge is 2.22. The lowest BCUT2D eigenvalue weighted by Crippen LogP contribution is -2.41. The van der Waals surface area contributed by atoms with Crippen LogP contribution in [-0.2, 0) is 19.1 Å². The maximum Gasteiger partial charge on any atom is 0.253 e. The lowest BCUT2D eigenvalue weighted by Gasteiger charge is -2.24. The zero-order chi connectivity index (χ0) is 18.6. The molecule has 0 fully saturated rings. The van der Waals surface area contributed by atoms with Gasteiger partial charge in [0, 0.05) is 31.7 Å². The summed E-state index contributed by atoms with van der Waals surface area (Å²) in [7, 11) is 0. The van der Waals surface area contributed by atoms with Crippen LogP contribution in [0, 0.1) is 0 Å². The minimum absolute atomic E-state index is 0.0383. The summed E-state index contributed by atoms with van der Waals surface area (Å²) in [5.74, 6) is -0.557. The second-order valence-corrected chi connectivity index (χ2v) is 5.82. The first-order valence-corrected chi connectivity index (χ1v) is 8.50. The second kappa shape index (κ2) is 11.8. The molecule has 0 saturated heterocycles. The van der Waals surface area contributed by atoms with Gasteiger partial charge in [-0.1, -0.05) is 20.3 Å². The van der Waals surface area contributed by atoms with Crippen LogP contribution in [0.15, 0.2) is 12.2 Å². The van der Waals surface area contributed by atoms with E-state index in [0.29, 0.717) is 32.4 Å². The van der Waals surface area contributed by atoms with Crippen molar-refractivity contribution in [3.05, 3.63) is 12.2 Å². The highest BCUT2D eigenvalue weighted by molar-refractivity contribution is 6.12. The summed E-state index contributed by atoms with van der Waals surface area (Å²) in [5, 5.41) is 2.81. The number of imide groups is 1. The predicted molar refractivity (Wildman–Crippen MR) is 92.9 cm³/mol. The van der Waals surface area contributed by atoms with Crippen molar-refractivity contribution in [1.82, 2.24) is 10.2 Å². The molecule has 0 aromatic carbocycles. The van der Waals surface area contributed by atoms with Gasteiger partial charge >= 0.3 is 0 Å². The molecule has 3 amide bonds. The van der Waals surface area contributed by atoms with Crippen LogP contribution in [0.2, 0.25) is 0 Å². The van der Waals surface area contributed by atoms with Crippen LogP contribution < -0.4 is 11.1 Å². The molecule has 0 aromatic heterocycles. The zero-order valence-corrected chi connectivity index (χ0v) is 15.3. The molecule has 0 aromatic rings. The fraction of sp³-hybridized carbons (Fsp3) is 0.706. The van der Waals surface area contributed by atoms with E-state index in [1.54, 1.807) is 0 Å². The van der Waals surface area contributed by atoms with Crippen LogP contribution >= 0.6 is 0 Å². The van der Waals surface area contributed by atoms with E-state index in [1.165, 1.54) is 17.1 Å². The Kier molecular flexibility index (Phi) is 10.9. The predicted octanol–water partition coefficient (Wildman–Crippen LogP) is 1.33. The lowest BCUT2D eigenvalue weighted by atomic mass is 10.1. The van der Waals surface area contributed by atoms with Gasteiger partial charge in [0.2, 0.25) is 5.91 Å². The fourth-order valence-corrected chi connectivity index (χ4v) is 2.06. The van der Waals surface area contributed by atoms with Crippen molar-refractivity contribution in [3.8, 4) is 0 Å². The molecule has 0 spiro atoms. The third-order valence-corrected chi connectivity index (χ3v) is 3.37. The van der Waals surface area contributed by atoms with Crippen LogP contribution in [0.3, 0.4) is 0 Å². The molecule has 0 saturated carbocycles. The van der Waals surface area contributed by atoms with Gasteiger partial charge in [0.05, 0.1) is 12.3 Å². The summed E-state index contributed by atoms with van der Waals surface area (Å²) < 4.78 is 5.29. The minimum atomic E-state index is -0.478. The van der Waals surface area contributed by atoms with Gasteiger partial charge in [-0.3, -0.25) is 19.3 Å². The van der Waals surface area contributed by atoms with E-state index in [9.17, 15) is 14.4 Å². The Labute approximate surface area is 144 Å². The largest absolute Gasteiger partial charge is 0.359 e. The molecule has 24 heavy (non-hydrogen) atoms. The fourth-order valence-electron chi connectivity index (χ4n) is 2.06. The number of rotatable bonds is 10. The summed E-state index contributed by atoms with van der Waals surface area (Å²) in [6.07, 6.45) is 5.18. The molecule has 138 valence electrons. The third kappa shape index (κ3) is 8.79. The van der Waals surface area contributed by atoms with Gasteiger partial charge in [-0.2, -0.15) is 0 Å². The Hall–Kier alpha value is -1.73. The smallest absolute Gasteiger partial charge is 0.253 e. The third-order valence-electron chi connectivity index (χ3n) is 3.37. The van der Waals surface area contributed by atoms with Gasteiger partial charge in [-0.25, -0.2) is 0 Å². The van der Waals surface area contributed by atoms with Gasteiger partial charge in [-0.15, -0.1) is 0 Å². The average Bonchev–Trinajstić information content (AvgIpc) is 2.86. The van der Waals surface area contributed by atoms with E-state index in [-0.39, 0.29) is 24.5 Å². The summed E-state index contributed by atoms with van der Waals surface area (Å²) in [5.41, 5.74) is 4.84. The van der Waals surface area contributed by atoms with Gasteiger partial charge in [0.25, 0.3) is 11.8 Å². The van der Waals surface area contributed by atoms with Crippen LogP contribution in [0.1, 0.15) is 53.4 Å². The molecule has 1 rings (SSSR count). The van der Waals surface area contributed by atoms with Crippen molar-refractivity contribution in [2.45, 2.75) is 59.0 Å². The van der Waals surface area contributed by atoms with E-state index < -0.39 is 5.60 Å². The zero-order valence-electron chi connectivity index (χ0n) is 15.3. The number of hydrogen-bond acceptors (Lipinski definition) is 5. The Balaban J connectivity index is 0.00000254. The minimum Gasteiger partial charge on any atom is -0.359 e. The lowest BCUT2D eigenvalue weighted by molar-refractivity contribution is -0.136. The normalized spacial score (nSPS) is 13.8. The van der Waals surface area contributed by atoms with Crippen LogP contribution in [-0.4, -0.2) is 48.0 Å². The number of hydrogen-bond donors (Lipinski definition) is 2. The number of unbranched alkanes of at least 4 members (excludes halogenated alkanes) is 2. The summed E-state index contributed by atoms with van der Waals surface area (Å²) in [6.45, 7) is 8.65. The van der Waals surface area contributed by atoms with Crippen LogP contribution in [0.25, 0.3) is 0 Å². The number of nitrogens with zero attached hydrogens (tertiary/aromatic N) is 1. The van der Waals surface area contributed by atoms with Crippen molar-refractivity contribution in [2.75, 3.05) is 19.8 Å². The second-order valence-electron chi connectivity index (χ2n) is 5.82. The van der Waals surface area contributed by atoms with E-state index in [4.69, 9.17) is 10.5 Å². The monoisotopic (exact) mass is 341 g/mol. The van der Waals surface area contributed by atoms with E-state index in [0.717, 1.165) is 6.42 Å². The number of nitrogens with one attached hydrogen (secondary N) is 1. The molecule has 3 N–H and O–H groups in total. The first kappa shape index (κ1) is 22.3. The molecule has 0 radical (unpaired) electrons. The molecule has 0 bridgehead atoms. The molecule has 7 nitrogen and oxygen atoms in total. The van der Waals surface area contributed by atoms with Gasteiger partial charge < -0.3 is 15.8 Å². The summed E-state index contributed by atoms with van der Waals surface area (Å²) in [4.78, 5) is 35.6. The number of ether oxygens (including phenoxy) is 1. The average molecular weight is 341 g/mol. The SMILES string of the molecule is CC.CC(C)(CNC(=O)CCCCCN1C(=O)C=CC1=O)OCN. The first-order chi connectivity index (χ1) is 11.4. The molecule has 1 aliphatic rings. The Morgan fingerprint density at radius 3 is 2.29 bits per heavy atom. The van der Waals surface area contributed by atoms with E-state index in [1.807, 2.05) is 27.7 Å². The van der Waals surface area contributed by atoms with Crippen molar-refractivity contribution >= 4 is 17.7 Å². The standard InChI is InChI=1S/C15H25N3O4.C2H6/c1-15(2,22-11-16)10-17-12(19)6-4-3-5-9-18-13(20)7-8-14(18)21;1-2/h7-8H,3-6,9-11,16H2,1-2H3,(H,17,19);1-2H3. The quantitative estimate of drug-likeness (QED) is 0.354. The molecule has 0 atom stereocenters. The van der Waals surface area contributed by atoms with Crippen molar-refractivity contribution in [3.63, 3.8) is 0 Å². The topological polar surface area (TPSA) is 102 Å². The summed E-state index contributed by atoms with van der Waals surface area (Å²) in [6, 6.07) is 0. The van der Waals surface area contributed by atoms with E-state index >= 15 is 0 Å². The summed E-state index contributed by atoms with van der Waals surface area (Å²) >= 11 is 0. The Morgan fingerprint density at radius 2 is 1.75 bits per heavy atom. The van der Waals surface area contributed by atoms with Crippen molar-refractivity contribution < 1.29 is 19.1 Å². The molecule has 1 aliphatic heterocycles. The highest BCUT2D eigenvalue weighted by Crippen LogP contribution is 2.08. The number of carbonyl (C=O) groups is 3. The Morgan fingerprint density at radius 1 is 1.17 bits per heavy atom. The first-order valence-electron chi connectivity index (χ1n) is 8.50. The number of carbonyl (C=O) groups excluding carboxylic acids is 3. The molecule has 7 heteroatoms. The van der Waals surface area contributed by atoms with Gasteiger partial charge in [0.15, 0.2) is 0 Å². The van der Waals surface area contributed by atoms with Crippen molar-refractivity contribution in [2.24, 2.45) is 5.73 Å². The maximum atomic E-state index is 11.7. The molecule has 1 heterocycles. The molecular weight excluding hydrogens is 310 g/mol. The maximum absolute atomic E-state index is 11.7.